The maximum absolute atomic E-state index is 13.7. The Bertz CT molecular complexity index is 625. The maximum Gasteiger partial charge on any atom is 0.433 e. The van der Waals surface area contributed by atoms with Gasteiger partial charge in [0.25, 0.3) is 0 Å². The zero-order valence-electron chi connectivity index (χ0n) is 9.78. The predicted octanol–water partition coefficient (Wildman–Crippen LogP) is 4.59. The van der Waals surface area contributed by atoms with Crippen molar-refractivity contribution < 1.29 is 17.6 Å². The summed E-state index contributed by atoms with van der Waals surface area (Å²) < 4.78 is 52.4. The Morgan fingerprint density at radius 2 is 2.00 bits per heavy atom. The van der Waals surface area contributed by atoms with E-state index in [2.05, 4.69) is 26.2 Å². The molecule has 1 aromatic carbocycles. The van der Waals surface area contributed by atoms with Crippen LogP contribution in [0.2, 0.25) is 0 Å². The standard InChI is InChI=1S/C12H9BrF4N2/c1-2-18-8-5-9(12(15,16)17)19-11-7(14)4-3-6(13)10(8)11/h3-5H,2H2,1H3,(H,18,19). The summed E-state index contributed by atoms with van der Waals surface area (Å²) in [6.45, 7) is 2.16. The van der Waals surface area contributed by atoms with Gasteiger partial charge in [-0.1, -0.05) is 15.9 Å². The molecule has 102 valence electrons. The lowest BCUT2D eigenvalue weighted by molar-refractivity contribution is -0.140. The molecule has 0 fully saturated rings. The second-order valence-corrected chi connectivity index (χ2v) is 4.69. The fourth-order valence-corrected chi connectivity index (χ4v) is 2.28. The van der Waals surface area contributed by atoms with E-state index in [4.69, 9.17) is 0 Å². The number of nitrogens with zero attached hydrogens (tertiary/aromatic N) is 1. The van der Waals surface area contributed by atoms with E-state index in [9.17, 15) is 17.6 Å². The first kappa shape index (κ1) is 14.0. The summed E-state index contributed by atoms with van der Waals surface area (Å²) in [7, 11) is 0. The van der Waals surface area contributed by atoms with Gasteiger partial charge in [0.2, 0.25) is 0 Å². The Morgan fingerprint density at radius 1 is 1.32 bits per heavy atom. The van der Waals surface area contributed by atoms with E-state index >= 15 is 0 Å². The molecule has 0 radical (unpaired) electrons. The van der Waals surface area contributed by atoms with Crippen LogP contribution in [0, 0.1) is 5.82 Å². The topological polar surface area (TPSA) is 24.9 Å². The van der Waals surface area contributed by atoms with Gasteiger partial charge in [0, 0.05) is 22.1 Å². The average Bonchev–Trinajstić information content (AvgIpc) is 2.33. The van der Waals surface area contributed by atoms with E-state index in [1.165, 1.54) is 6.07 Å². The second kappa shape index (κ2) is 4.96. The number of rotatable bonds is 2. The third-order valence-corrected chi connectivity index (χ3v) is 3.18. The first-order chi connectivity index (χ1) is 8.84. The first-order valence-electron chi connectivity index (χ1n) is 5.44. The van der Waals surface area contributed by atoms with Crippen LogP contribution >= 0.6 is 15.9 Å². The number of fused-ring (bicyclic) bond motifs is 1. The number of pyridine rings is 1. The Hall–Kier alpha value is -1.37. The lowest BCUT2D eigenvalue weighted by atomic mass is 10.1. The molecule has 0 aliphatic carbocycles. The van der Waals surface area contributed by atoms with Crippen LogP contribution in [0.1, 0.15) is 12.6 Å². The fraction of sp³-hybridized carbons (Fsp3) is 0.250. The molecule has 7 heteroatoms. The predicted molar refractivity (Wildman–Crippen MR) is 68.6 cm³/mol. The van der Waals surface area contributed by atoms with Crippen molar-refractivity contribution in [2.24, 2.45) is 0 Å². The van der Waals surface area contributed by atoms with Crippen LogP contribution in [0.5, 0.6) is 0 Å². The molecule has 0 bridgehead atoms. The molecular formula is C12H9BrF4N2. The van der Waals surface area contributed by atoms with Gasteiger partial charge in [0.1, 0.15) is 17.0 Å². The van der Waals surface area contributed by atoms with Crippen LogP contribution in [0.15, 0.2) is 22.7 Å². The Labute approximate surface area is 115 Å². The lowest BCUT2D eigenvalue weighted by Crippen LogP contribution is -2.10. The zero-order valence-corrected chi connectivity index (χ0v) is 11.4. The van der Waals surface area contributed by atoms with E-state index in [1.54, 1.807) is 6.92 Å². The van der Waals surface area contributed by atoms with Crippen LogP contribution in [0.3, 0.4) is 0 Å². The minimum Gasteiger partial charge on any atom is -0.385 e. The van der Waals surface area contributed by atoms with Crippen molar-refractivity contribution in [2.45, 2.75) is 13.1 Å². The Morgan fingerprint density at radius 3 is 2.58 bits per heavy atom. The number of nitrogens with one attached hydrogen (secondary N) is 1. The summed E-state index contributed by atoms with van der Waals surface area (Å²) in [5, 5.41) is 3.10. The van der Waals surface area contributed by atoms with Crippen molar-refractivity contribution in [1.29, 1.82) is 0 Å². The summed E-state index contributed by atoms with van der Waals surface area (Å²) in [5.74, 6) is -0.788. The monoisotopic (exact) mass is 336 g/mol. The molecule has 2 nitrogen and oxygen atoms in total. The molecule has 0 amide bonds. The smallest absolute Gasteiger partial charge is 0.385 e. The van der Waals surface area contributed by atoms with Crippen molar-refractivity contribution in [2.75, 3.05) is 11.9 Å². The number of alkyl halides is 3. The lowest BCUT2D eigenvalue weighted by Gasteiger charge is -2.14. The normalized spacial score (nSPS) is 11.9. The van der Waals surface area contributed by atoms with Crippen LogP contribution in [0.4, 0.5) is 23.2 Å². The summed E-state index contributed by atoms with van der Waals surface area (Å²) in [5.41, 5.74) is -1.22. The van der Waals surface area contributed by atoms with Crippen LogP contribution < -0.4 is 5.32 Å². The number of benzene rings is 1. The highest BCUT2D eigenvalue weighted by atomic mass is 79.9. The summed E-state index contributed by atoms with van der Waals surface area (Å²) in [6.07, 6.45) is -4.62. The van der Waals surface area contributed by atoms with Gasteiger partial charge in [0.05, 0.1) is 0 Å². The highest BCUT2D eigenvalue weighted by Crippen LogP contribution is 2.36. The minimum atomic E-state index is -4.62. The largest absolute Gasteiger partial charge is 0.433 e. The van der Waals surface area contributed by atoms with Gasteiger partial charge in [-0.15, -0.1) is 0 Å². The molecule has 2 aromatic rings. The molecule has 1 heterocycles. The van der Waals surface area contributed by atoms with Crippen molar-refractivity contribution in [3.05, 3.63) is 34.2 Å². The number of aromatic nitrogens is 1. The van der Waals surface area contributed by atoms with Gasteiger partial charge in [-0.05, 0) is 25.1 Å². The summed E-state index contributed by atoms with van der Waals surface area (Å²) in [6, 6.07) is 3.40. The molecule has 0 aliphatic heterocycles. The number of hydrogen-bond acceptors (Lipinski definition) is 2. The van der Waals surface area contributed by atoms with E-state index < -0.39 is 17.7 Å². The zero-order chi connectivity index (χ0) is 14.2. The Kier molecular flexibility index (Phi) is 3.66. The van der Waals surface area contributed by atoms with Gasteiger partial charge in [0.15, 0.2) is 0 Å². The molecule has 2 rings (SSSR count). The quantitative estimate of drug-likeness (QED) is 0.811. The molecular weight excluding hydrogens is 328 g/mol. The third-order valence-electron chi connectivity index (χ3n) is 2.52. The van der Waals surface area contributed by atoms with E-state index in [0.29, 0.717) is 16.4 Å². The molecule has 1 aromatic heterocycles. The number of hydrogen-bond donors (Lipinski definition) is 1. The summed E-state index contributed by atoms with van der Waals surface area (Å²) >= 11 is 3.20. The first-order valence-corrected chi connectivity index (χ1v) is 6.23. The second-order valence-electron chi connectivity index (χ2n) is 3.84. The van der Waals surface area contributed by atoms with Gasteiger partial charge in [-0.3, -0.25) is 0 Å². The average molecular weight is 337 g/mol. The van der Waals surface area contributed by atoms with Crippen molar-refractivity contribution in [3.63, 3.8) is 0 Å². The number of halogens is 5. The molecule has 19 heavy (non-hydrogen) atoms. The molecule has 1 N–H and O–H groups in total. The van der Waals surface area contributed by atoms with Gasteiger partial charge >= 0.3 is 6.18 Å². The highest BCUT2D eigenvalue weighted by Gasteiger charge is 2.34. The molecule has 0 saturated carbocycles. The molecule has 0 unspecified atom stereocenters. The van der Waals surface area contributed by atoms with E-state index in [-0.39, 0.29) is 11.2 Å². The fourth-order valence-electron chi connectivity index (χ4n) is 1.74. The molecule has 0 saturated heterocycles. The maximum atomic E-state index is 13.7. The van der Waals surface area contributed by atoms with Crippen molar-refractivity contribution in [1.82, 2.24) is 4.98 Å². The van der Waals surface area contributed by atoms with Gasteiger partial charge in [-0.25, -0.2) is 9.37 Å². The summed E-state index contributed by atoms with van der Waals surface area (Å²) in [4.78, 5) is 3.38. The van der Waals surface area contributed by atoms with Crippen LogP contribution in [-0.4, -0.2) is 11.5 Å². The van der Waals surface area contributed by atoms with Gasteiger partial charge < -0.3 is 5.32 Å². The molecule has 0 aliphatic rings. The van der Waals surface area contributed by atoms with Crippen molar-refractivity contribution in [3.8, 4) is 0 Å². The Balaban J connectivity index is 2.83. The number of anilines is 1. The van der Waals surface area contributed by atoms with Crippen molar-refractivity contribution >= 4 is 32.5 Å². The van der Waals surface area contributed by atoms with Crippen LogP contribution in [0.25, 0.3) is 10.9 Å². The minimum absolute atomic E-state index is 0.200. The van der Waals surface area contributed by atoms with Gasteiger partial charge in [-0.2, -0.15) is 13.2 Å². The SMILES string of the molecule is CCNc1cc(C(F)(F)F)nc2c(F)ccc(Br)c12. The van der Waals surface area contributed by atoms with E-state index in [1.807, 2.05) is 0 Å². The highest BCUT2D eigenvalue weighted by molar-refractivity contribution is 9.10. The molecule has 0 atom stereocenters. The van der Waals surface area contributed by atoms with E-state index in [0.717, 1.165) is 12.1 Å². The molecule has 0 spiro atoms. The third kappa shape index (κ3) is 2.65. The van der Waals surface area contributed by atoms with Crippen LogP contribution in [-0.2, 0) is 6.18 Å².